The minimum Gasteiger partial charge on any atom is -0.355 e. The smallest absolute Gasteiger partial charge is 0.264 e. The quantitative estimate of drug-likeness (QED) is 0.384. The average Bonchev–Trinajstić information content (AvgIpc) is 2.89. The summed E-state index contributed by atoms with van der Waals surface area (Å²) in [5.74, 6) is -0.717. The van der Waals surface area contributed by atoms with E-state index in [0.29, 0.717) is 18.7 Å². The average molecular weight is 536 g/mol. The molecule has 0 aromatic heterocycles. The highest BCUT2D eigenvalue weighted by molar-refractivity contribution is 7.92. The van der Waals surface area contributed by atoms with E-state index in [0.717, 1.165) is 22.3 Å². The molecule has 0 saturated carbocycles. The number of hydrogen-bond donors (Lipinski definition) is 1. The SMILES string of the molecule is CCNC(=O)C(CC)N(Cc1cccc(C)c1)C(=O)CN(c1cc(C)ccc1C)S(=O)(=O)c1ccccc1. The molecule has 0 heterocycles. The molecule has 3 aromatic carbocycles. The van der Waals surface area contributed by atoms with Crippen LogP contribution in [0.1, 0.15) is 42.5 Å². The van der Waals surface area contributed by atoms with Gasteiger partial charge in [0.2, 0.25) is 11.8 Å². The van der Waals surface area contributed by atoms with E-state index >= 15 is 0 Å². The Morgan fingerprint density at radius 3 is 2.18 bits per heavy atom. The summed E-state index contributed by atoms with van der Waals surface area (Å²) in [4.78, 5) is 28.6. The molecule has 0 aliphatic carbocycles. The van der Waals surface area contributed by atoms with Gasteiger partial charge in [0, 0.05) is 13.1 Å². The second kappa shape index (κ2) is 12.7. The third-order valence-corrected chi connectivity index (χ3v) is 8.19. The lowest BCUT2D eigenvalue weighted by molar-refractivity contribution is -0.140. The van der Waals surface area contributed by atoms with Crippen LogP contribution in [0.3, 0.4) is 0 Å². The molecule has 0 aliphatic rings. The topological polar surface area (TPSA) is 86.8 Å². The van der Waals surface area contributed by atoms with E-state index in [1.807, 2.05) is 71.0 Å². The van der Waals surface area contributed by atoms with Crippen molar-refractivity contribution in [2.24, 2.45) is 0 Å². The molecule has 202 valence electrons. The van der Waals surface area contributed by atoms with Crippen molar-refractivity contribution in [2.45, 2.75) is 58.5 Å². The standard InChI is InChI=1S/C30H37N3O4S/c1-6-27(30(35)31-7-2)32(20-25-13-11-12-22(3)18-25)29(34)21-33(28-19-23(4)16-17-24(28)5)38(36,37)26-14-9-8-10-15-26/h8-19,27H,6-7,20-21H2,1-5H3,(H,31,35). The van der Waals surface area contributed by atoms with Crippen molar-refractivity contribution in [3.05, 3.63) is 95.1 Å². The zero-order chi connectivity index (χ0) is 27.9. The van der Waals surface area contributed by atoms with E-state index in [9.17, 15) is 18.0 Å². The summed E-state index contributed by atoms with van der Waals surface area (Å²) in [7, 11) is -4.08. The van der Waals surface area contributed by atoms with Crippen LogP contribution in [-0.4, -0.2) is 44.3 Å². The van der Waals surface area contributed by atoms with Gasteiger partial charge in [-0.05, 0) is 69.0 Å². The molecule has 3 rings (SSSR count). The third-order valence-electron chi connectivity index (χ3n) is 6.42. The maximum atomic E-state index is 14.0. The molecule has 2 amide bonds. The number of likely N-dealkylation sites (N-methyl/N-ethyl adjacent to an activating group) is 1. The third kappa shape index (κ3) is 6.81. The zero-order valence-corrected chi connectivity index (χ0v) is 23.6. The van der Waals surface area contributed by atoms with Crippen molar-refractivity contribution in [3.63, 3.8) is 0 Å². The molecule has 1 atom stereocenters. The van der Waals surface area contributed by atoms with Crippen molar-refractivity contribution in [1.82, 2.24) is 10.2 Å². The number of carbonyl (C=O) groups excluding carboxylic acids is 2. The fourth-order valence-electron chi connectivity index (χ4n) is 4.44. The molecule has 7 nitrogen and oxygen atoms in total. The molecule has 8 heteroatoms. The number of hydrogen-bond acceptors (Lipinski definition) is 4. The number of amides is 2. The van der Waals surface area contributed by atoms with Crippen molar-refractivity contribution in [2.75, 3.05) is 17.4 Å². The normalized spacial score (nSPS) is 12.0. The molecule has 38 heavy (non-hydrogen) atoms. The van der Waals surface area contributed by atoms with Gasteiger partial charge in [-0.15, -0.1) is 0 Å². The monoisotopic (exact) mass is 535 g/mol. The molecular formula is C30H37N3O4S. The number of anilines is 1. The second-order valence-electron chi connectivity index (χ2n) is 9.44. The van der Waals surface area contributed by atoms with Crippen LogP contribution in [0, 0.1) is 20.8 Å². The lowest BCUT2D eigenvalue weighted by Crippen LogP contribution is -2.52. The van der Waals surface area contributed by atoms with Crippen LogP contribution in [0.15, 0.2) is 77.7 Å². The van der Waals surface area contributed by atoms with Gasteiger partial charge >= 0.3 is 0 Å². The predicted molar refractivity (Wildman–Crippen MR) is 151 cm³/mol. The van der Waals surface area contributed by atoms with Crippen molar-refractivity contribution < 1.29 is 18.0 Å². The van der Waals surface area contributed by atoms with Gasteiger partial charge in [0.15, 0.2) is 0 Å². The fraction of sp³-hybridized carbons (Fsp3) is 0.333. The minimum atomic E-state index is -4.08. The fourth-order valence-corrected chi connectivity index (χ4v) is 5.93. The highest BCUT2D eigenvalue weighted by Crippen LogP contribution is 2.28. The molecule has 0 aliphatic heterocycles. The Labute approximate surface area is 226 Å². The largest absolute Gasteiger partial charge is 0.355 e. The number of rotatable bonds is 11. The molecule has 3 aromatic rings. The van der Waals surface area contributed by atoms with Crippen LogP contribution in [0.5, 0.6) is 0 Å². The van der Waals surface area contributed by atoms with Gasteiger partial charge < -0.3 is 10.2 Å². The number of nitrogens with zero attached hydrogens (tertiary/aromatic N) is 2. The Bertz CT molecular complexity index is 1370. The number of aryl methyl sites for hydroxylation is 3. The van der Waals surface area contributed by atoms with Crippen LogP contribution in [0.2, 0.25) is 0 Å². The van der Waals surface area contributed by atoms with Gasteiger partial charge in [0.1, 0.15) is 12.6 Å². The molecule has 0 spiro atoms. The molecule has 1 unspecified atom stereocenters. The predicted octanol–water partition coefficient (Wildman–Crippen LogP) is 4.75. The van der Waals surface area contributed by atoms with Crippen molar-refractivity contribution in [1.29, 1.82) is 0 Å². The number of carbonyl (C=O) groups is 2. The summed E-state index contributed by atoms with van der Waals surface area (Å²) in [6.07, 6.45) is 0.387. The van der Waals surface area contributed by atoms with E-state index in [1.165, 1.54) is 21.3 Å². The molecule has 0 bridgehead atoms. The summed E-state index contributed by atoms with van der Waals surface area (Å²) < 4.78 is 29.0. The number of sulfonamides is 1. The highest BCUT2D eigenvalue weighted by Gasteiger charge is 2.34. The molecular weight excluding hydrogens is 498 g/mol. The lowest BCUT2D eigenvalue weighted by Gasteiger charge is -2.33. The van der Waals surface area contributed by atoms with Gasteiger partial charge in [-0.3, -0.25) is 13.9 Å². The first-order valence-corrected chi connectivity index (χ1v) is 14.3. The first-order chi connectivity index (χ1) is 18.1. The summed E-state index contributed by atoms with van der Waals surface area (Å²) in [5, 5.41) is 2.82. The summed E-state index contributed by atoms with van der Waals surface area (Å²) in [6, 6.07) is 20.6. The van der Waals surface area contributed by atoms with E-state index in [-0.39, 0.29) is 17.3 Å². The van der Waals surface area contributed by atoms with E-state index in [4.69, 9.17) is 0 Å². The van der Waals surface area contributed by atoms with Crippen LogP contribution < -0.4 is 9.62 Å². The number of nitrogens with one attached hydrogen (secondary N) is 1. The van der Waals surface area contributed by atoms with Gasteiger partial charge in [0.25, 0.3) is 10.0 Å². The molecule has 0 saturated heterocycles. The van der Waals surface area contributed by atoms with Crippen molar-refractivity contribution in [3.8, 4) is 0 Å². The summed E-state index contributed by atoms with van der Waals surface area (Å²) in [6.45, 7) is 9.51. The van der Waals surface area contributed by atoms with Gasteiger partial charge in [-0.25, -0.2) is 8.42 Å². The Morgan fingerprint density at radius 1 is 0.868 bits per heavy atom. The maximum Gasteiger partial charge on any atom is 0.264 e. The summed E-state index contributed by atoms with van der Waals surface area (Å²) >= 11 is 0. The first kappa shape index (κ1) is 28.9. The second-order valence-corrected chi connectivity index (χ2v) is 11.3. The molecule has 0 fully saturated rings. The van der Waals surface area contributed by atoms with Crippen LogP contribution in [-0.2, 0) is 26.2 Å². The first-order valence-electron chi connectivity index (χ1n) is 12.9. The zero-order valence-electron chi connectivity index (χ0n) is 22.8. The van der Waals surface area contributed by atoms with Crippen LogP contribution >= 0.6 is 0 Å². The van der Waals surface area contributed by atoms with Crippen molar-refractivity contribution >= 4 is 27.5 Å². The van der Waals surface area contributed by atoms with E-state index in [1.54, 1.807) is 24.3 Å². The Balaban J connectivity index is 2.09. The van der Waals surface area contributed by atoms with Gasteiger partial charge in [-0.1, -0.05) is 67.1 Å². The minimum absolute atomic E-state index is 0.0923. The van der Waals surface area contributed by atoms with E-state index < -0.39 is 28.5 Å². The lowest BCUT2D eigenvalue weighted by atomic mass is 10.1. The maximum absolute atomic E-state index is 14.0. The van der Waals surface area contributed by atoms with Crippen LogP contribution in [0.4, 0.5) is 5.69 Å². The molecule has 0 radical (unpaired) electrons. The Morgan fingerprint density at radius 2 is 1.55 bits per heavy atom. The van der Waals surface area contributed by atoms with Gasteiger partial charge in [0.05, 0.1) is 10.6 Å². The highest BCUT2D eigenvalue weighted by atomic mass is 32.2. The van der Waals surface area contributed by atoms with Gasteiger partial charge in [-0.2, -0.15) is 0 Å². The van der Waals surface area contributed by atoms with E-state index in [2.05, 4.69) is 5.32 Å². The molecule has 1 N–H and O–H groups in total. The Hall–Kier alpha value is -3.65. The van der Waals surface area contributed by atoms with Crippen LogP contribution in [0.25, 0.3) is 0 Å². The summed E-state index contributed by atoms with van der Waals surface area (Å²) in [5.41, 5.74) is 3.93. The Kier molecular flexibility index (Phi) is 9.69. The number of benzene rings is 3.